The van der Waals surface area contributed by atoms with E-state index in [1.165, 1.54) is 12.8 Å². The summed E-state index contributed by atoms with van der Waals surface area (Å²) in [5, 5.41) is 2.93. The minimum absolute atomic E-state index is 0.0395. The Balaban J connectivity index is 1.53. The highest BCUT2D eigenvalue weighted by Crippen LogP contribution is 2.27. The number of carbonyl (C=O) groups is 1. The van der Waals surface area contributed by atoms with Crippen molar-refractivity contribution in [2.24, 2.45) is 5.92 Å². The number of ether oxygens (including phenoxy) is 1. The van der Waals surface area contributed by atoms with E-state index in [-0.39, 0.29) is 12.0 Å². The van der Waals surface area contributed by atoms with Crippen molar-refractivity contribution in [2.45, 2.75) is 25.4 Å². The molecule has 1 aromatic heterocycles. The van der Waals surface area contributed by atoms with Gasteiger partial charge in [-0.25, -0.2) is 4.98 Å². The van der Waals surface area contributed by atoms with Crippen LogP contribution in [0.5, 0.6) is 5.88 Å². The molecule has 1 aromatic rings. The van der Waals surface area contributed by atoms with Crippen LogP contribution in [0, 0.1) is 5.92 Å². The van der Waals surface area contributed by atoms with Crippen molar-refractivity contribution in [3.63, 3.8) is 0 Å². The number of pyridine rings is 1. The van der Waals surface area contributed by atoms with Gasteiger partial charge in [0, 0.05) is 24.6 Å². The van der Waals surface area contributed by atoms with Gasteiger partial charge in [-0.05, 0) is 37.0 Å². The molecule has 5 heteroatoms. The van der Waals surface area contributed by atoms with Crippen molar-refractivity contribution in [1.29, 1.82) is 0 Å². The second-order valence-corrected chi connectivity index (χ2v) is 6.29. The van der Waals surface area contributed by atoms with Crippen molar-refractivity contribution in [1.82, 2.24) is 10.3 Å². The van der Waals surface area contributed by atoms with Crippen molar-refractivity contribution in [2.75, 3.05) is 18.1 Å². The molecule has 2 heterocycles. The zero-order valence-corrected chi connectivity index (χ0v) is 11.6. The summed E-state index contributed by atoms with van der Waals surface area (Å²) in [6.07, 6.45) is 5.43. The van der Waals surface area contributed by atoms with Gasteiger partial charge in [0.1, 0.15) is 6.10 Å². The van der Waals surface area contributed by atoms with Gasteiger partial charge in [-0.3, -0.25) is 4.79 Å². The topological polar surface area (TPSA) is 51.2 Å². The molecule has 0 aromatic carbocycles. The molecule has 0 unspecified atom stereocenters. The number of nitrogens with zero attached hydrogens (tertiary/aromatic N) is 1. The molecule has 2 fully saturated rings. The molecule has 19 heavy (non-hydrogen) atoms. The molecular formula is C14H18N2O2S. The molecule has 1 saturated carbocycles. The first-order valence-electron chi connectivity index (χ1n) is 6.80. The van der Waals surface area contributed by atoms with Crippen molar-refractivity contribution in [3.8, 4) is 5.88 Å². The number of aromatic nitrogens is 1. The summed E-state index contributed by atoms with van der Waals surface area (Å²) in [6.45, 7) is 0.788. The van der Waals surface area contributed by atoms with Crippen LogP contribution in [0.4, 0.5) is 0 Å². The smallest absolute Gasteiger partial charge is 0.252 e. The van der Waals surface area contributed by atoms with Crippen LogP contribution < -0.4 is 10.1 Å². The molecule has 2 aliphatic rings. The summed E-state index contributed by atoms with van der Waals surface area (Å²) in [7, 11) is 0. The van der Waals surface area contributed by atoms with Crippen LogP contribution in [0.3, 0.4) is 0 Å². The van der Waals surface area contributed by atoms with Gasteiger partial charge in [-0.1, -0.05) is 0 Å². The van der Waals surface area contributed by atoms with Crippen LogP contribution in [0.15, 0.2) is 18.3 Å². The van der Waals surface area contributed by atoms with Crippen LogP contribution >= 0.6 is 11.8 Å². The predicted molar refractivity (Wildman–Crippen MR) is 75.7 cm³/mol. The van der Waals surface area contributed by atoms with Gasteiger partial charge in [0.2, 0.25) is 5.88 Å². The summed E-state index contributed by atoms with van der Waals surface area (Å²) >= 11 is 1.91. The van der Waals surface area contributed by atoms with E-state index < -0.39 is 0 Å². The van der Waals surface area contributed by atoms with Gasteiger partial charge in [0.05, 0.1) is 5.56 Å². The molecule has 0 radical (unpaired) electrons. The van der Waals surface area contributed by atoms with Gasteiger partial charge in [0.15, 0.2) is 0 Å². The standard InChI is InChI=1S/C14H18N2O2S/c17-14(16-7-10-1-2-10)11-3-4-13(15-8-11)18-12-5-6-19-9-12/h3-4,8,10,12H,1-2,5-7,9H2,(H,16,17)/t12-/m1/s1. The Bertz CT molecular complexity index is 439. The molecule has 4 nitrogen and oxygen atoms in total. The quantitative estimate of drug-likeness (QED) is 0.896. The van der Waals surface area contributed by atoms with E-state index in [2.05, 4.69) is 10.3 Å². The lowest BCUT2D eigenvalue weighted by Gasteiger charge is -2.11. The van der Waals surface area contributed by atoms with Crippen LogP contribution in [0.1, 0.15) is 29.6 Å². The number of amides is 1. The summed E-state index contributed by atoms with van der Waals surface area (Å²) in [5.74, 6) is 3.46. The SMILES string of the molecule is O=C(NCC1CC1)c1ccc(O[C@@H]2CCSC2)nc1. The van der Waals surface area contributed by atoms with E-state index in [9.17, 15) is 4.79 Å². The Morgan fingerprint density at radius 3 is 2.95 bits per heavy atom. The zero-order valence-electron chi connectivity index (χ0n) is 10.8. The van der Waals surface area contributed by atoms with E-state index in [0.717, 1.165) is 24.5 Å². The Hall–Kier alpha value is -1.23. The third-order valence-corrected chi connectivity index (χ3v) is 4.55. The molecule has 1 N–H and O–H groups in total. The van der Waals surface area contributed by atoms with Gasteiger partial charge in [-0.2, -0.15) is 11.8 Å². The average Bonchev–Trinajstić information content (AvgIpc) is 3.13. The molecule has 1 atom stereocenters. The minimum atomic E-state index is -0.0395. The van der Waals surface area contributed by atoms with E-state index in [1.807, 2.05) is 11.8 Å². The highest BCUT2D eigenvalue weighted by Gasteiger charge is 2.22. The molecular weight excluding hydrogens is 260 g/mol. The first-order chi connectivity index (χ1) is 9.31. The summed E-state index contributed by atoms with van der Waals surface area (Å²) in [5.41, 5.74) is 0.605. The third-order valence-electron chi connectivity index (χ3n) is 3.42. The number of hydrogen-bond donors (Lipinski definition) is 1. The number of hydrogen-bond acceptors (Lipinski definition) is 4. The summed E-state index contributed by atoms with van der Waals surface area (Å²) in [6, 6.07) is 3.57. The second kappa shape index (κ2) is 5.82. The third kappa shape index (κ3) is 3.62. The summed E-state index contributed by atoms with van der Waals surface area (Å²) < 4.78 is 5.75. The van der Waals surface area contributed by atoms with E-state index >= 15 is 0 Å². The molecule has 1 aliphatic carbocycles. The number of rotatable bonds is 5. The number of carbonyl (C=O) groups excluding carboxylic acids is 1. The molecule has 3 rings (SSSR count). The molecule has 1 aliphatic heterocycles. The molecule has 0 bridgehead atoms. The second-order valence-electron chi connectivity index (χ2n) is 5.14. The molecule has 102 valence electrons. The van der Waals surface area contributed by atoms with Crippen LogP contribution in [-0.4, -0.2) is 35.0 Å². The maximum Gasteiger partial charge on any atom is 0.252 e. The first-order valence-corrected chi connectivity index (χ1v) is 7.95. The predicted octanol–water partition coefficient (Wildman–Crippen LogP) is 2.11. The van der Waals surface area contributed by atoms with Crippen molar-refractivity contribution < 1.29 is 9.53 Å². The summed E-state index contributed by atoms with van der Waals surface area (Å²) in [4.78, 5) is 16.1. The van der Waals surface area contributed by atoms with E-state index in [1.54, 1.807) is 18.3 Å². The Morgan fingerprint density at radius 2 is 2.32 bits per heavy atom. The minimum Gasteiger partial charge on any atom is -0.473 e. The maximum absolute atomic E-state index is 11.8. The Kier molecular flexibility index (Phi) is 3.92. The first kappa shape index (κ1) is 12.8. The van der Waals surface area contributed by atoms with Crippen molar-refractivity contribution >= 4 is 17.7 Å². The fraction of sp³-hybridized carbons (Fsp3) is 0.571. The lowest BCUT2D eigenvalue weighted by molar-refractivity contribution is 0.0951. The normalized spacial score (nSPS) is 22.2. The van der Waals surface area contributed by atoms with Crippen molar-refractivity contribution in [3.05, 3.63) is 23.9 Å². The average molecular weight is 278 g/mol. The molecule has 0 spiro atoms. The fourth-order valence-electron chi connectivity index (χ4n) is 2.02. The molecule has 1 saturated heterocycles. The van der Waals surface area contributed by atoms with E-state index in [0.29, 0.717) is 17.4 Å². The Morgan fingerprint density at radius 1 is 1.42 bits per heavy atom. The fourth-order valence-corrected chi connectivity index (χ4v) is 3.12. The lowest BCUT2D eigenvalue weighted by Crippen LogP contribution is -2.25. The number of nitrogens with one attached hydrogen (secondary N) is 1. The Labute approximate surface area is 117 Å². The van der Waals surface area contributed by atoms with Gasteiger partial charge in [-0.15, -0.1) is 0 Å². The van der Waals surface area contributed by atoms with Crippen LogP contribution in [0.25, 0.3) is 0 Å². The van der Waals surface area contributed by atoms with Crippen LogP contribution in [0.2, 0.25) is 0 Å². The lowest BCUT2D eigenvalue weighted by atomic mass is 10.2. The van der Waals surface area contributed by atoms with E-state index in [4.69, 9.17) is 4.74 Å². The highest BCUT2D eigenvalue weighted by molar-refractivity contribution is 7.99. The van der Waals surface area contributed by atoms with Gasteiger partial charge >= 0.3 is 0 Å². The van der Waals surface area contributed by atoms with Gasteiger partial charge < -0.3 is 10.1 Å². The maximum atomic E-state index is 11.8. The van der Waals surface area contributed by atoms with Gasteiger partial charge in [0.25, 0.3) is 5.91 Å². The van der Waals surface area contributed by atoms with Crippen LogP contribution in [-0.2, 0) is 0 Å². The zero-order chi connectivity index (χ0) is 13.1. The highest BCUT2D eigenvalue weighted by atomic mass is 32.2. The largest absolute Gasteiger partial charge is 0.473 e. The monoisotopic (exact) mass is 278 g/mol. The molecule has 1 amide bonds. The number of thioether (sulfide) groups is 1.